The highest BCUT2D eigenvalue weighted by Gasteiger charge is 2.36. The number of methoxy groups -OCH3 is 2. The molecule has 36 heavy (non-hydrogen) atoms. The van der Waals surface area contributed by atoms with Gasteiger partial charge in [0.25, 0.3) is 0 Å². The third-order valence-electron chi connectivity index (χ3n) is 7.82. The second-order valence-electron chi connectivity index (χ2n) is 9.95. The Hall–Kier alpha value is -1.99. The lowest BCUT2D eigenvalue weighted by Gasteiger charge is -2.49. The van der Waals surface area contributed by atoms with Gasteiger partial charge in [0, 0.05) is 57.1 Å². The maximum absolute atomic E-state index is 6.26. The third kappa shape index (κ3) is 6.28. The first-order chi connectivity index (χ1) is 17.5. The number of halogens is 1. The van der Waals surface area contributed by atoms with Gasteiger partial charge >= 0.3 is 0 Å². The largest absolute Gasteiger partial charge is 0.495 e. The minimum absolute atomic E-state index is 0.475. The van der Waals surface area contributed by atoms with Gasteiger partial charge in [-0.3, -0.25) is 4.90 Å². The molecule has 2 fully saturated rings. The Bertz CT molecular complexity index is 1000. The number of nitrogens with zero attached hydrogens (tertiary/aromatic N) is 2. The second kappa shape index (κ2) is 13.0. The molecule has 2 aromatic carbocycles. The van der Waals surface area contributed by atoms with Crippen molar-refractivity contribution in [2.75, 3.05) is 65.1 Å². The molecule has 0 saturated carbocycles. The lowest BCUT2D eigenvalue weighted by Crippen LogP contribution is -2.56. The quantitative estimate of drug-likeness (QED) is 0.405. The summed E-state index contributed by atoms with van der Waals surface area (Å²) in [6.07, 6.45) is 4.71. The van der Waals surface area contributed by atoms with E-state index in [4.69, 9.17) is 25.8 Å². The summed E-state index contributed by atoms with van der Waals surface area (Å²) < 4.78 is 16.7. The molecular weight excluding hydrogens is 474 g/mol. The first-order valence-electron chi connectivity index (χ1n) is 13.3. The van der Waals surface area contributed by atoms with Gasteiger partial charge in [-0.25, -0.2) is 0 Å². The summed E-state index contributed by atoms with van der Waals surface area (Å²) in [5.74, 6) is 1.76. The number of ether oxygens (including phenoxy) is 3. The highest BCUT2D eigenvalue weighted by Crippen LogP contribution is 2.40. The van der Waals surface area contributed by atoms with Gasteiger partial charge < -0.3 is 24.4 Å². The van der Waals surface area contributed by atoms with Gasteiger partial charge in [0.1, 0.15) is 11.5 Å². The van der Waals surface area contributed by atoms with Gasteiger partial charge in [-0.05, 0) is 81.0 Å². The van der Waals surface area contributed by atoms with Gasteiger partial charge in [-0.1, -0.05) is 17.7 Å². The molecule has 1 unspecified atom stereocenters. The molecule has 1 N–H and O–H groups in total. The standard InChI is InChI=1S/C29H42ClN3O3/c1-21-22(2)28(36-17-6-13-31-14-18-34-3)12-10-25(21)27-8-5-7-24-20-32(15-16-33(24)27)23-9-11-26(30)29(19-23)35-4/h9-12,19,24,27,31H,5-8,13-18,20H2,1-4H3/t24?,27-/m1/s1. The van der Waals surface area contributed by atoms with Crippen molar-refractivity contribution in [3.63, 3.8) is 0 Å². The fraction of sp³-hybridized carbons (Fsp3) is 0.586. The molecule has 4 rings (SSSR count). The lowest BCUT2D eigenvalue weighted by molar-refractivity contribution is 0.0712. The number of piperazine rings is 1. The van der Waals surface area contributed by atoms with E-state index in [1.54, 1.807) is 14.2 Å². The van der Waals surface area contributed by atoms with Gasteiger partial charge in [-0.2, -0.15) is 0 Å². The fourth-order valence-electron chi connectivity index (χ4n) is 5.68. The Morgan fingerprint density at radius 1 is 0.972 bits per heavy atom. The van der Waals surface area contributed by atoms with E-state index >= 15 is 0 Å². The fourth-order valence-corrected chi connectivity index (χ4v) is 5.87. The minimum atomic E-state index is 0.475. The van der Waals surface area contributed by atoms with Crippen LogP contribution in [-0.4, -0.2) is 71.1 Å². The Kier molecular flexibility index (Phi) is 9.77. The molecule has 0 spiro atoms. The van der Waals surface area contributed by atoms with Crippen LogP contribution in [0.1, 0.15) is 48.4 Å². The molecule has 0 radical (unpaired) electrons. The predicted molar refractivity (Wildman–Crippen MR) is 148 cm³/mol. The van der Waals surface area contributed by atoms with Crippen LogP contribution in [-0.2, 0) is 4.74 Å². The van der Waals surface area contributed by atoms with Crippen LogP contribution in [0.25, 0.3) is 0 Å². The zero-order valence-electron chi connectivity index (χ0n) is 22.3. The van der Waals surface area contributed by atoms with E-state index in [9.17, 15) is 0 Å². The molecule has 2 aromatic rings. The van der Waals surface area contributed by atoms with Crippen molar-refractivity contribution < 1.29 is 14.2 Å². The van der Waals surface area contributed by atoms with Crippen LogP contribution in [0.3, 0.4) is 0 Å². The van der Waals surface area contributed by atoms with Crippen molar-refractivity contribution >= 4 is 17.3 Å². The number of benzene rings is 2. The maximum atomic E-state index is 6.26. The number of hydrogen-bond acceptors (Lipinski definition) is 6. The molecular formula is C29H42ClN3O3. The topological polar surface area (TPSA) is 46.2 Å². The Labute approximate surface area is 221 Å². The normalized spacial score (nSPS) is 20.3. The van der Waals surface area contributed by atoms with E-state index in [1.165, 1.54) is 41.6 Å². The van der Waals surface area contributed by atoms with E-state index in [0.717, 1.165) is 63.9 Å². The summed E-state index contributed by atoms with van der Waals surface area (Å²) >= 11 is 6.26. The molecule has 2 atom stereocenters. The van der Waals surface area contributed by atoms with Gasteiger partial charge in [-0.15, -0.1) is 0 Å². The SMILES string of the molecule is COCCNCCCOc1ccc([C@H]2CCCC3CN(c4ccc(Cl)c(OC)c4)CCN32)c(C)c1C. The first-order valence-corrected chi connectivity index (χ1v) is 13.7. The van der Waals surface area contributed by atoms with E-state index in [2.05, 4.69) is 53.2 Å². The molecule has 7 heteroatoms. The number of piperidine rings is 1. The van der Waals surface area contributed by atoms with Crippen molar-refractivity contribution in [2.45, 2.75) is 51.6 Å². The summed E-state index contributed by atoms with van der Waals surface area (Å²) in [4.78, 5) is 5.24. The van der Waals surface area contributed by atoms with Crippen molar-refractivity contribution in [3.05, 3.63) is 52.0 Å². The number of anilines is 1. The Balaban J connectivity index is 1.38. The van der Waals surface area contributed by atoms with Crippen LogP contribution in [0.5, 0.6) is 11.5 Å². The lowest BCUT2D eigenvalue weighted by atomic mass is 9.86. The molecule has 2 aliphatic heterocycles. The number of fused-ring (bicyclic) bond motifs is 1. The molecule has 0 aliphatic carbocycles. The number of nitrogens with one attached hydrogen (secondary N) is 1. The summed E-state index contributed by atoms with van der Waals surface area (Å²) in [6, 6.07) is 11.7. The van der Waals surface area contributed by atoms with Crippen LogP contribution < -0.4 is 19.7 Å². The van der Waals surface area contributed by atoms with Crippen molar-refractivity contribution in [1.82, 2.24) is 10.2 Å². The van der Waals surface area contributed by atoms with Gasteiger partial charge in [0.15, 0.2) is 0 Å². The van der Waals surface area contributed by atoms with Crippen LogP contribution in [0, 0.1) is 13.8 Å². The predicted octanol–water partition coefficient (Wildman–Crippen LogP) is 5.39. The summed E-state index contributed by atoms with van der Waals surface area (Å²) in [5, 5.41) is 4.03. The Morgan fingerprint density at radius 2 is 1.83 bits per heavy atom. The van der Waals surface area contributed by atoms with Gasteiger partial charge in [0.2, 0.25) is 0 Å². The van der Waals surface area contributed by atoms with Gasteiger partial charge in [0.05, 0.1) is 25.3 Å². The first kappa shape index (κ1) is 27.1. The number of hydrogen-bond donors (Lipinski definition) is 1. The van der Waals surface area contributed by atoms with E-state index < -0.39 is 0 Å². The van der Waals surface area contributed by atoms with Crippen LogP contribution in [0.2, 0.25) is 5.02 Å². The Morgan fingerprint density at radius 3 is 2.64 bits per heavy atom. The van der Waals surface area contributed by atoms with Crippen LogP contribution >= 0.6 is 11.6 Å². The maximum Gasteiger partial charge on any atom is 0.139 e. The smallest absolute Gasteiger partial charge is 0.139 e. The third-order valence-corrected chi connectivity index (χ3v) is 8.13. The van der Waals surface area contributed by atoms with Crippen molar-refractivity contribution in [2.24, 2.45) is 0 Å². The summed E-state index contributed by atoms with van der Waals surface area (Å²) in [5.41, 5.74) is 5.31. The second-order valence-corrected chi connectivity index (χ2v) is 10.4. The minimum Gasteiger partial charge on any atom is -0.495 e. The van der Waals surface area contributed by atoms with E-state index in [0.29, 0.717) is 17.1 Å². The monoisotopic (exact) mass is 515 g/mol. The molecule has 2 saturated heterocycles. The average Bonchev–Trinajstić information content (AvgIpc) is 2.90. The molecule has 2 heterocycles. The zero-order valence-corrected chi connectivity index (χ0v) is 23.1. The molecule has 198 valence electrons. The summed E-state index contributed by atoms with van der Waals surface area (Å²) in [6.45, 7) is 10.9. The number of rotatable bonds is 11. The highest BCUT2D eigenvalue weighted by atomic mass is 35.5. The van der Waals surface area contributed by atoms with Crippen LogP contribution in [0.4, 0.5) is 5.69 Å². The van der Waals surface area contributed by atoms with Crippen molar-refractivity contribution in [3.8, 4) is 11.5 Å². The van der Waals surface area contributed by atoms with E-state index in [-0.39, 0.29) is 0 Å². The highest BCUT2D eigenvalue weighted by molar-refractivity contribution is 6.32. The zero-order chi connectivity index (χ0) is 25.5. The van der Waals surface area contributed by atoms with Crippen molar-refractivity contribution in [1.29, 1.82) is 0 Å². The molecule has 2 aliphatic rings. The van der Waals surface area contributed by atoms with E-state index in [1.807, 2.05) is 6.07 Å². The van der Waals surface area contributed by atoms with Crippen LogP contribution in [0.15, 0.2) is 30.3 Å². The summed E-state index contributed by atoms with van der Waals surface area (Å²) in [7, 11) is 3.41. The average molecular weight is 516 g/mol. The molecule has 0 bridgehead atoms. The molecule has 6 nitrogen and oxygen atoms in total. The molecule has 0 aromatic heterocycles. The molecule has 0 amide bonds.